The van der Waals surface area contributed by atoms with Crippen molar-refractivity contribution in [2.75, 3.05) is 19.4 Å². The van der Waals surface area contributed by atoms with Gasteiger partial charge in [-0.05, 0) is 41.5 Å². The lowest BCUT2D eigenvalue weighted by Gasteiger charge is -2.19. The molecule has 0 unspecified atom stereocenters. The van der Waals surface area contributed by atoms with Crippen LogP contribution in [0, 0.1) is 0 Å². The van der Waals surface area contributed by atoms with Gasteiger partial charge in [-0.3, -0.25) is 9.35 Å². The molecule has 35 heavy (non-hydrogen) atoms. The van der Waals surface area contributed by atoms with Crippen molar-refractivity contribution in [3.63, 3.8) is 0 Å². The molecule has 3 aromatic rings. The number of nitrogens with zero attached hydrogens (tertiary/aromatic N) is 3. The molecule has 1 aliphatic rings. The van der Waals surface area contributed by atoms with Gasteiger partial charge in [0.1, 0.15) is 23.9 Å². The first-order valence-corrected chi connectivity index (χ1v) is 11.8. The fourth-order valence-corrected chi connectivity index (χ4v) is 3.12. The van der Waals surface area contributed by atoms with Crippen LogP contribution in [0.5, 0.6) is 11.5 Å². The number of alkyl halides is 3. The van der Waals surface area contributed by atoms with Gasteiger partial charge in [0.2, 0.25) is 0 Å². The van der Waals surface area contributed by atoms with Crippen LogP contribution in [0.25, 0.3) is 11.1 Å². The van der Waals surface area contributed by atoms with Gasteiger partial charge in [-0.15, -0.1) is 13.2 Å². The minimum absolute atomic E-state index is 0.228. The first kappa shape index (κ1) is 25.9. The number of aromatic nitrogens is 2. The molecule has 0 atom stereocenters. The van der Waals surface area contributed by atoms with E-state index in [1.54, 1.807) is 41.6 Å². The Morgan fingerprint density at radius 2 is 1.69 bits per heavy atom. The minimum atomic E-state index is -4.75. The summed E-state index contributed by atoms with van der Waals surface area (Å²) in [5.74, 6) is 0.436. The lowest BCUT2D eigenvalue weighted by Crippen LogP contribution is -2.32. The third-order valence-electron chi connectivity index (χ3n) is 4.49. The van der Waals surface area contributed by atoms with Crippen LogP contribution in [0.4, 0.5) is 13.2 Å². The summed E-state index contributed by atoms with van der Waals surface area (Å²) < 4.78 is 72.5. The lowest BCUT2D eigenvalue weighted by atomic mass is 10.0. The van der Waals surface area contributed by atoms with Crippen LogP contribution >= 0.6 is 0 Å². The SMILES string of the molecule is CS(=O)(=O)O.O=C1c2cc(-c3ccc(OC(F)(F)F)cc3)ccc2OCCN1Cc1ncccn1. The van der Waals surface area contributed by atoms with Gasteiger partial charge in [0.15, 0.2) is 0 Å². The molecule has 9 nitrogen and oxygen atoms in total. The van der Waals surface area contributed by atoms with E-state index in [9.17, 15) is 26.4 Å². The van der Waals surface area contributed by atoms with Gasteiger partial charge in [-0.1, -0.05) is 18.2 Å². The molecule has 0 fully saturated rings. The molecular formula is C22H20F3N3O6S. The van der Waals surface area contributed by atoms with Gasteiger partial charge < -0.3 is 14.4 Å². The zero-order valence-electron chi connectivity index (χ0n) is 18.3. The highest BCUT2D eigenvalue weighted by Gasteiger charge is 2.31. The molecule has 1 aliphatic heterocycles. The number of hydrogen-bond donors (Lipinski definition) is 1. The number of rotatable bonds is 4. The predicted octanol–water partition coefficient (Wildman–Crippen LogP) is 3.58. The second kappa shape index (κ2) is 10.7. The molecule has 2 heterocycles. The van der Waals surface area contributed by atoms with Gasteiger partial charge in [0, 0.05) is 12.4 Å². The topological polar surface area (TPSA) is 119 Å². The molecule has 2 aromatic carbocycles. The zero-order chi connectivity index (χ0) is 25.6. The Morgan fingerprint density at radius 1 is 1.09 bits per heavy atom. The van der Waals surface area contributed by atoms with E-state index in [1.807, 2.05) is 0 Å². The summed E-state index contributed by atoms with van der Waals surface area (Å²) in [5.41, 5.74) is 1.68. The number of ether oxygens (including phenoxy) is 2. The van der Waals surface area contributed by atoms with E-state index in [0.717, 1.165) is 0 Å². The maximum absolute atomic E-state index is 13.1. The molecule has 186 valence electrons. The van der Waals surface area contributed by atoms with Crippen LogP contribution in [0.15, 0.2) is 60.9 Å². The molecular weight excluding hydrogens is 491 g/mol. The Morgan fingerprint density at radius 3 is 2.29 bits per heavy atom. The van der Waals surface area contributed by atoms with Crippen LogP contribution in [0.2, 0.25) is 0 Å². The van der Waals surface area contributed by atoms with Gasteiger partial charge in [0.25, 0.3) is 16.0 Å². The molecule has 0 bridgehead atoms. The molecule has 0 aliphatic carbocycles. The summed E-state index contributed by atoms with van der Waals surface area (Å²) in [6, 6.07) is 12.3. The Balaban J connectivity index is 0.000000623. The van der Waals surface area contributed by atoms with Crippen molar-refractivity contribution >= 4 is 16.0 Å². The summed E-state index contributed by atoms with van der Waals surface area (Å²) in [6.45, 7) is 0.954. The van der Waals surface area contributed by atoms with Crippen molar-refractivity contribution < 1.29 is 40.4 Å². The van der Waals surface area contributed by atoms with Crippen LogP contribution in [-0.2, 0) is 16.7 Å². The zero-order valence-corrected chi connectivity index (χ0v) is 19.1. The number of benzene rings is 2. The van der Waals surface area contributed by atoms with Crippen molar-refractivity contribution in [2.24, 2.45) is 0 Å². The summed E-state index contributed by atoms with van der Waals surface area (Å²) in [6.07, 6.45) is -0.813. The fourth-order valence-electron chi connectivity index (χ4n) is 3.12. The standard InChI is InChI=1S/C21H16F3N3O3.CH4O3S/c22-21(23,24)30-16-5-2-14(3-6-16)15-4-7-18-17(12-15)20(28)27(10-11-29-18)13-19-25-8-1-9-26-19;1-5(2,3)4/h1-9,12H,10-11,13H2;1H3,(H,2,3,4). The highest BCUT2D eigenvalue weighted by Crippen LogP contribution is 2.31. The number of halogens is 3. The number of fused-ring (bicyclic) bond motifs is 1. The van der Waals surface area contributed by atoms with E-state index in [4.69, 9.17) is 9.29 Å². The number of hydrogen-bond acceptors (Lipinski definition) is 7. The van der Waals surface area contributed by atoms with Crippen LogP contribution in [0.1, 0.15) is 16.2 Å². The van der Waals surface area contributed by atoms with Crippen molar-refractivity contribution in [3.8, 4) is 22.6 Å². The Bertz CT molecular complexity index is 1260. The van der Waals surface area contributed by atoms with E-state index in [-0.39, 0.29) is 18.2 Å². The van der Waals surface area contributed by atoms with Gasteiger partial charge in [-0.25, -0.2) is 9.97 Å². The molecule has 0 spiro atoms. The highest BCUT2D eigenvalue weighted by atomic mass is 32.2. The molecule has 13 heteroatoms. The normalized spacial score (nSPS) is 13.6. The summed E-state index contributed by atoms with van der Waals surface area (Å²) in [5, 5.41) is 0. The van der Waals surface area contributed by atoms with E-state index in [2.05, 4.69) is 14.7 Å². The second-order valence-electron chi connectivity index (χ2n) is 7.26. The molecule has 4 rings (SSSR count). The number of carbonyl (C=O) groups excluding carboxylic acids is 1. The smallest absolute Gasteiger partial charge is 0.491 e. The van der Waals surface area contributed by atoms with Crippen molar-refractivity contribution in [1.82, 2.24) is 14.9 Å². The lowest BCUT2D eigenvalue weighted by molar-refractivity contribution is -0.274. The predicted molar refractivity (Wildman–Crippen MR) is 118 cm³/mol. The van der Waals surface area contributed by atoms with Crippen molar-refractivity contribution in [3.05, 3.63) is 72.3 Å². The highest BCUT2D eigenvalue weighted by molar-refractivity contribution is 7.85. The van der Waals surface area contributed by atoms with E-state index >= 15 is 0 Å². The number of carbonyl (C=O) groups is 1. The van der Waals surface area contributed by atoms with Gasteiger partial charge >= 0.3 is 6.36 Å². The maximum Gasteiger partial charge on any atom is 0.573 e. The summed E-state index contributed by atoms with van der Waals surface area (Å²) >= 11 is 0. The van der Waals surface area contributed by atoms with Crippen LogP contribution < -0.4 is 9.47 Å². The molecule has 1 N–H and O–H groups in total. The molecule has 0 radical (unpaired) electrons. The van der Waals surface area contributed by atoms with Gasteiger partial charge in [0.05, 0.1) is 24.9 Å². The Hall–Kier alpha value is -3.71. The molecule has 1 amide bonds. The monoisotopic (exact) mass is 511 g/mol. The quantitative estimate of drug-likeness (QED) is 0.528. The van der Waals surface area contributed by atoms with Crippen LogP contribution in [0.3, 0.4) is 0 Å². The second-order valence-corrected chi connectivity index (χ2v) is 8.72. The van der Waals surface area contributed by atoms with Crippen molar-refractivity contribution in [1.29, 1.82) is 0 Å². The Labute approximate surface area is 198 Å². The first-order valence-electron chi connectivity index (χ1n) is 10.00. The van der Waals surface area contributed by atoms with E-state index < -0.39 is 16.5 Å². The van der Waals surface area contributed by atoms with E-state index in [0.29, 0.717) is 47.7 Å². The molecule has 0 saturated carbocycles. The van der Waals surface area contributed by atoms with Gasteiger partial charge in [-0.2, -0.15) is 8.42 Å². The fraction of sp³-hybridized carbons (Fsp3) is 0.227. The average Bonchev–Trinajstić information content (AvgIpc) is 2.91. The third-order valence-corrected chi connectivity index (χ3v) is 4.49. The van der Waals surface area contributed by atoms with Crippen molar-refractivity contribution in [2.45, 2.75) is 12.9 Å². The summed E-state index contributed by atoms with van der Waals surface area (Å²) in [4.78, 5) is 23.0. The molecule has 1 aromatic heterocycles. The van der Waals surface area contributed by atoms with Crippen LogP contribution in [-0.4, -0.2) is 59.5 Å². The minimum Gasteiger partial charge on any atom is -0.491 e. The summed E-state index contributed by atoms with van der Waals surface area (Å²) in [7, 11) is -3.67. The Kier molecular flexibility index (Phi) is 7.92. The van der Waals surface area contributed by atoms with E-state index in [1.165, 1.54) is 24.3 Å². The average molecular weight is 511 g/mol. The number of amides is 1. The maximum atomic E-state index is 13.1. The first-order chi connectivity index (χ1) is 16.4. The molecule has 0 saturated heterocycles. The largest absolute Gasteiger partial charge is 0.573 e. The third kappa shape index (κ3) is 8.22.